The summed E-state index contributed by atoms with van der Waals surface area (Å²) in [4.78, 5) is 0. The van der Waals surface area contributed by atoms with Crippen LogP contribution >= 0.6 is 0 Å². The molecule has 0 aliphatic heterocycles. The molecule has 18 heavy (non-hydrogen) atoms. The van der Waals surface area contributed by atoms with Crippen molar-refractivity contribution in [2.75, 3.05) is 0 Å². The Kier molecular flexibility index (Phi) is 4.05. The molecule has 90 valence electrons. The Balaban J connectivity index is 0.00000120. The molecule has 0 N–H and O–H groups in total. The van der Waals surface area contributed by atoms with Gasteiger partial charge in [-0.2, -0.15) is 0 Å². The van der Waals surface area contributed by atoms with Gasteiger partial charge in [0.2, 0.25) is 6.20 Å². The van der Waals surface area contributed by atoms with Crippen LogP contribution in [0.1, 0.15) is 5.56 Å². The summed E-state index contributed by atoms with van der Waals surface area (Å²) in [5, 5.41) is 6.82. The van der Waals surface area contributed by atoms with Crippen molar-refractivity contribution in [2.24, 2.45) is 0 Å². The lowest BCUT2D eigenvalue weighted by atomic mass is 10.2. The summed E-state index contributed by atoms with van der Waals surface area (Å²) in [6.07, 6.45) is 4.00. The van der Waals surface area contributed by atoms with E-state index in [-0.39, 0.29) is 17.0 Å². The number of rotatable bonds is 2. The average molecular weight is 301 g/mol. The fourth-order valence-corrected chi connectivity index (χ4v) is 1.93. The topological polar surface area (TPSA) is 16.8 Å². The van der Waals surface area contributed by atoms with Crippen LogP contribution in [0.3, 0.4) is 0 Å². The highest BCUT2D eigenvalue weighted by Crippen LogP contribution is 2.08. The van der Waals surface area contributed by atoms with Gasteiger partial charge >= 0.3 is 0 Å². The number of fused-ring (bicyclic) bond motifs is 1. The van der Waals surface area contributed by atoms with Gasteiger partial charge in [-0.25, -0.2) is 0 Å². The quantitative estimate of drug-likeness (QED) is 0.587. The van der Waals surface area contributed by atoms with Crippen LogP contribution in [0.25, 0.3) is 10.8 Å². The zero-order valence-electron chi connectivity index (χ0n) is 9.83. The van der Waals surface area contributed by atoms with Crippen molar-refractivity contribution in [3.63, 3.8) is 0 Å². The van der Waals surface area contributed by atoms with Crippen LogP contribution in [-0.4, -0.2) is 5.10 Å². The molecule has 0 amide bonds. The number of hydrogen-bond acceptors (Lipinski definition) is 1. The molecule has 0 radical (unpaired) electrons. The summed E-state index contributed by atoms with van der Waals surface area (Å²) in [7, 11) is 0. The monoisotopic (exact) mass is 300 g/mol. The van der Waals surface area contributed by atoms with E-state index < -0.39 is 0 Å². The van der Waals surface area contributed by atoms with Crippen molar-refractivity contribution < 1.29 is 21.7 Å². The summed E-state index contributed by atoms with van der Waals surface area (Å²) >= 11 is 0. The van der Waals surface area contributed by atoms with Crippen molar-refractivity contribution in [3.8, 4) is 0 Å². The molecule has 3 aromatic rings. The number of hydrogen-bond donors (Lipinski definition) is 0. The van der Waals surface area contributed by atoms with Gasteiger partial charge in [0, 0.05) is 16.3 Å². The first-order chi connectivity index (χ1) is 8.42. The molecule has 0 unspecified atom stereocenters. The Morgan fingerprint density at radius 3 is 2.28 bits per heavy atom. The van der Waals surface area contributed by atoms with Gasteiger partial charge in [-0.1, -0.05) is 53.2 Å². The van der Waals surface area contributed by atoms with Crippen LogP contribution < -0.4 is 21.7 Å². The summed E-state index contributed by atoms with van der Waals surface area (Å²) in [6.45, 7) is 0.811. The summed E-state index contributed by atoms with van der Waals surface area (Å²) in [5.74, 6) is 0. The normalized spacial score (nSPS) is 10.0. The molecule has 2 nitrogen and oxygen atoms in total. The van der Waals surface area contributed by atoms with E-state index in [1.807, 2.05) is 23.0 Å². The molecule has 0 saturated carbocycles. The van der Waals surface area contributed by atoms with Crippen LogP contribution in [0, 0.1) is 0 Å². The Hall–Kier alpha value is -1.74. The molecule has 0 atom stereocenters. The average Bonchev–Trinajstić information content (AvgIpc) is 2.40. The van der Waals surface area contributed by atoms with E-state index in [0.29, 0.717) is 0 Å². The van der Waals surface area contributed by atoms with E-state index in [0.717, 1.165) is 6.54 Å². The Bertz CT molecular complexity index is 638. The third-order valence-corrected chi connectivity index (χ3v) is 2.82. The van der Waals surface area contributed by atoms with Crippen LogP contribution in [0.4, 0.5) is 0 Å². The molecule has 3 rings (SSSR count). The minimum atomic E-state index is 0. The lowest BCUT2D eigenvalue weighted by molar-refractivity contribution is -0.744. The standard InChI is InChI=1S/C15H13N2.BrH/c1-2-6-13(7-3-1)11-17-12-15-9-5-4-8-14(15)10-16-17;/h1-10,12H,11H2;1H/q+1;/p-1. The molecule has 0 saturated heterocycles. The first-order valence-electron chi connectivity index (χ1n) is 5.70. The molecule has 0 bridgehead atoms. The number of benzene rings is 2. The van der Waals surface area contributed by atoms with Crippen molar-refractivity contribution in [1.29, 1.82) is 0 Å². The molecular formula is C15H13BrN2. The fourth-order valence-electron chi connectivity index (χ4n) is 1.93. The van der Waals surface area contributed by atoms with Crippen LogP contribution in [-0.2, 0) is 6.54 Å². The van der Waals surface area contributed by atoms with E-state index in [1.54, 1.807) is 0 Å². The molecule has 0 fully saturated rings. The van der Waals surface area contributed by atoms with Gasteiger partial charge in [0.1, 0.15) is 6.20 Å². The third-order valence-electron chi connectivity index (χ3n) is 2.82. The zero-order chi connectivity index (χ0) is 11.5. The maximum Gasteiger partial charge on any atom is 0.204 e. The SMILES string of the molecule is [Br-].c1ccc(C[n+]2cc3ccccc3cn2)cc1. The molecule has 0 aliphatic rings. The minimum Gasteiger partial charge on any atom is -1.00 e. The molecule has 3 heteroatoms. The Morgan fingerprint density at radius 1 is 0.833 bits per heavy atom. The van der Waals surface area contributed by atoms with Gasteiger partial charge < -0.3 is 17.0 Å². The van der Waals surface area contributed by atoms with E-state index in [1.165, 1.54) is 16.3 Å². The maximum absolute atomic E-state index is 4.42. The number of nitrogens with zero attached hydrogens (tertiary/aromatic N) is 2. The summed E-state index contributed by atoms with van der Waals surface area (Å²) in [5.41, 5.74) is 1.26. The minimum absolute atomic E-state index is 0. The number of halogens is 1. The van der Waals surface area contributed by atoms with Crippen molar-refractivity contribution >= 4 is 10.8 Å². The lowest BCUT2D eigenvalue weighted by Gasteiger charge is -1.97. The van der Waals surface area contributed by atoms with Crippen molar-refractivity contribution in [2.45, 2.75) is 6.54 Å². The first-order valence-corrected chi connectivity index (χ1v) is 5.70. The fraction of sp³-hybridized carbons (Fsp3) is 0.0667. The van der Waals surface area contributed by atoms with Crippen LogP contribution in [0.5, 0.6) is 0 Å². The van der Waals surface area contributed by atoms with E-state index in [9.17, 15) is 0 Å². The smallest absolute Gasteiger partial charge is 0.204 e. The second kappa shape index (κ2) is 5.74. The lowest BCUT2D eigenvalue weighted by Crippen LogP contribution is -3.00. The van der Waals surface area contributed by atoms with Crippen molar-refractivity contribution in [1.82, 2.24) is 5.10 Å². The van der Waals surface area contributed by atoms with Gasteiger partial charge in [-0.05, 0) is 11.2 Å². The van der Waals surface area contributed by atoms with E-state index in [4.69, 9.17) is 0 Å². The zero-order valence-corrected chi connectivity index (χ0v) is 11.4. The van der Waals surface area contributed by atoms with Crippen LogP contribution in [0.2, 0.25) is 0 Å². The summed E-state index contributed by atoms with van der Waals surface area (Å²) < 4.78 is 1.97. The maximum atomic E-state index is 4.42. The summed E-state index contributed by atoms with van der Waals surface area (Å²) in [6, 6.07) is 18.6. The number of aromatic nitrogens is 2. The second-order valence-electron chi connectivity index (χ2n) is 4.09. The first kappa shape index (κ1) is 12.7. The highest BCUT2D eigenvalue weighted by atomic mass is 79.9. The van der Waals surface area contributed by atoms with E-state index >= 15 is 0 Å². The Labute approximate surface area is 117 Å². The molecule has 0 aliphatic carbocycles. The predicted octanol–water partition coefficient (Wildman–Crippen LogP) is -0.425. The highest BCUT2D eigenvalue weighted by Gasteiger charge is 2.05. The van der Waals surface area contributed by atoms with Crippen molar-refractivity contribution in [3.05, 3.63) is 72.6 Å². The second-order valence-corrected chi connectivity index (χ2v) is 4.09. The Morgan fingerprint density at radius 2 is 1.50 bits per heavy atom. The third kappa shape index (κ3) is 2.74. The molecule has 2 aromatic carbocycles. The highest BCUT2D eigenvalue weighted by molar-refractivity contribution is 5.79. The largest absolute Gasteiger partial charge is 1.00 e. The molecule has 1 heterocycles. The van der Waals surface area contributed by atoms with Gasteiger partial charge in [0.15, 0.2) is 6.54 Å². The van der Waals surface area contributed by atoms with Crippen LogP contribution in [0.15, 0.2) is 67.0 Å². The molecular weight excluding hydrogens is 288 g/mol. The van der Waals surface area contributed by atoms with E-state index in [2.05, 4.69) is 53.8 Å². The molecule has 1 aromatic heterocycles. The van der Waals surface area contributed by atoms with Gasteiger partial charge in [-0.15, -0.1) is 0 Å². The van der Waals surface area contributed by atoms with Gasteiger partial charge in [0.05, 0.1) is 0 Å². The van der Waals surface area contributed by atoms with Gasteiger partial charge in [0.25, 0.3) is 0 Å². The predicted molar refractivity (Wildman–Crippen MR) is 67.5 cm³/mol. The molecule has 0 spiro atoms. The van der Waals surface area contributed by atoms with Gasteiger partial charge in [-0.3, -0.25) is 0 Å².